The standard InChI is InChI=1S/C8H11N.C3H7BrO.Cu/c1-6-4-7(2)9-8(3)5-6;1-2-3-5-4;/h4-5H,1-3H3;2-3H2,1H3;. The van der Waals surface area contributed by atoms with Crippen LogP contribution in [-0.2, 0) is 20.9 Å². The van der Waals surface area contributed by atoms with Crippen molar-refractivity contribution in [3.63, 3.8) is 0 Å². The van der Waals surface area contributed by atoms with Crippen molar-refractivity contribution in [3.05, 3.63) is 29.1 Å². The molecule has 0 aliphatic heterocycles. The van der Waals surface area contributed by atoms with Crippen molar-refractivity contribution >= 4 is 16.3 Å². The first-order valence-corrected chi connectivity index (χ1v) is 5.40. The Morgan fingerprint density at radius 1 is 1.20 bits per heavy atom. The summed E-state index contributed by atoms with van der Waals surface area (Å²) >= 11 is 2.81. The SMILES string of the molecule is CCCOBr.Cc1cc(C)nc(C)c1.[Cu]. The first-order valence-electron chi connectivity index (χ1n) is 4.75. The minimum absolute atomic E-state index is 0. The quantitative estimate of drug-likeness (QED) is 0.774. The van der Waals surface area contributed by atoms with Crippen LogP contribution in [0.1, 0.15) is 30.3 Å². The van der Waals surface area contributed by atoms with Crippen LogP contribution in [0.3, 0.4) is 0 Å². The van der Waals surface area contributed by atoms with Crippen LogP contribution in [-0.4, -0.2) is 11.6 Å². The van der Waals surface area contributed by atoms with Crippen LogP contribution in [0.25, 0.3) is 0 Å². The molecule has 1 aromatic rings. The van der Waals surface area contributed by atoms with E-state index in [-0.39, 0.29) is 17.1 Å². The molecule has 0 aliphatic rings. The Labute approximate surface area is 112 Å². The molecule has 0 bridgehead atoms. The number of hydrogen-bond donors (Lipinski definition) is 0. The largest absolute Gasteiger partial charge is 0.308 e. The molecule has 0 saturated carbocycles. The van der Waals surface area contributed by atoms with Gasteiger partial charge in [-0.3, -0.25) is 4.98 Å². The molecule has 0 saturated heterocycles. The third-order valence-corrected chi connectivity index (χ3v) is 1.83. The molecule has 4 heteroatoms. The maximum Gasteiger partial charge on any atom is 0.0987 e. The van der Waals surface area contributed by atoms with Gasteiger partial charge in [0.05, 0.1) is 22.9 Å². The van der Waals surface area contributed by atoms with Crippen molar-refractivity contribution in [2.45, 2.75) is 34.1 Å². The second-order valence-electron chi connectivity index (χ2n) is 3.24. The van der Waals surface area contributed by atoms with E-state index in [4.69, 9.17) is 0 Å². The van der Waals surface area contributed by atoms with Crippen molar-refractivity contribution in [1.29, 1.82) is 0 Å². The van der Waals surface area contributed by atoms with Gasteiger partial charge in [0, 0.05) is 28.5 Å². The van der Waals surface area contributed by atoms with Crippen molar-refractivity contribution in [2.75, 3.05) is 6.61 Å². The van der Waals surface area contributed by atoms with Crippen LogP contribution < -0.4 is 0 Å². The molecule has 0 unspecified atom stereocenters. The number of aryl methyl sites for hydroxylation is 3. The van der Waals surface area contributed by atoms with Crippen molar-refractivity contribution in [2.24, 2.45) is 0 Å². The van der Waals surface area contributed by atoms with Gasteiger partial charge in [0.1, 0.15) is 0 Å². The Balaban J connectivity index is 0. The Morgan fingerprint density at radius 3 is 1.87 bits per heavy atom. The van der Waals surface area contributed by atoms with Gasteiger partial charge in [-0.1, -0.05) is 6.92 Å². The van der Waals surface area contributed by atoms with Crippen molar-refractivity contribution in [1.82, 2.24) is 4.98 Å². The van der Waals surface area contributed by atoms with Crippen LogP contribution in [0.5, 0.6) is 0 Å². The number of aromatic nitrogens is 1. The molecule has 1 heterocycles. The molecule has 15 heavy (non-hydrogen) atoms. The van der Waals surface area contributed by atoms with E-state index in [2.05, 4.69) is 51.1 Å². The topological polar surface area (TPSA) is 22.1 Å². The summed E-state index contributed by atoms with van der Waals surface area (Å²) in [6.45, 7) is 8.98. The third kappa shape index (κ3) is 10.4. The smallest absolute Gasteiger partial charge is 0.0987 e. The van der Waals surface area contributed by atoms with Gasteiger partial charge in [-0.05, 0) is 44.9 Å². The molecular formula is C11H18BrCuNO. The summed E-state index contributed by atoms with van der Waals surface area (Å²) in [5, 5.41) is 0. The van der Waals surface area contributed by atoms with E-state index in [1.165, 1.54) is 5.56 Å². The van der Waals surface area contributed by atoms with E-state index < -0.39 is 0 Å². The maximum atomic E-state index is 4.50. The van der Waals surface area contributed by atoms with Crippen LogP contribution >= 0.6 is 16.3 Å². The Morgan fingerprint density at radius 2 is 1.67 bits per heavy atom. The minimum atomic E-state index is 0. The van der Waals surface area contributed by atoms with E-state index in [9.17, 15) is 0 Å². The second-order valence-corrected chi connectivity index (χ2v) is 3.70. The van der Waals surface area contributed by atoms with Gasteiger partial charge in [-0.25, -0.2) is 0 Å². The minimum Gasteiger partial charge on any atom is -0.308 e. The average molecular weight is 324 g/mol. The van der Waals surface area contributed by atoms with Gasteiger partial charge in [0.2, 0.25) is 0 Å². The van der Waals surface area contributed by atoms with Crippen LogP contribution in [0.4, 0.5) is 0 Å². The number of pyridine rings is 1. The zero-order valence-corrected chi connectivity index (χ0v) is 12.1. The summed E-state index contributed by atoms with van der Waals surface area (Å²) in [6.07, 6.45) is 1.07. The summed E-state index contributed by atoms with van der Waals surface area (Å²) in [5.74, 6) is 0. The molecule has 1 aromatic heterocycles. The number of halogens is 1. The molecule has 0 aliphatic carbocycles. The molecule has 0 atom stereocenters. The van der Waals surface area contributed by atoms with Crippen molar-refractivity contribution < 1.29 is 20.9 Å². The molecule has 0 amide bonds. The van der Waals surface area contributed by atoms with Crippen LogP contribution in [0.2, 0.25) is 0 Å². The normalized spacial score (nSPS) is 8.60. The van der Waals surface area contributed by atoms with Gasteiger partial charge in [-0.15, -0.1) is 0 Å². The second kappa shape index (κ2) is 10.6. The predicted octanol–water partition coefficient (Wildman–Crippen LogP) is 3.73. The van der Waals surface area contributed by atoms with Crippen LogP contribution in [0.15, 0.2) is 12.1 Å². The summed E-state index contributed by atoms with van der Waals surface area (Å²) < 4.78 is 4.50. The van der Waals surface area contributed by atoms with E-state index in [0.29, 0.717) is 0 Å². The molecular weight excluding hydrogens is 306 g/mol. The van der Waals surface area contributed by atoms with Crippen LogP contribution in [0, 0.1) is 20.8 Å². The summed E-state index contributed by atoms with van der Waals surface area (Å²) in [4.78, 5) is 4.23. The molecule has 0 spiro atoms. The Bertz CT molecular complexity index is 216. The number of rotatable bonds is 2. The molecule has 0 N–H and O–H groups in total. The van der Waals surface area contributed by atoms with Gasteiger partial charge in [-0.2, -0.15) is 0 Å². The zero-order chi connectivity index (χ0) is 11.0. The summed E-state index contributed by atoms with van der Waals surface area (Å²) in [7, 11) is 0. The number of nitrogens with zero attached hydrogens (tertiary/aromatic N) is 1. The van der Waals surface area contributed by atoms with Gasteiger partial charge >= 0.3 is 0 Å². The van der Waals surface area contributed by atoms with Crippen molar-refractivity contribution in [3.8, 4) is 0 Å². The molecule has 2 nitrogen and oxygen atoms in total. The van der Waals surface area contributed by atoms with E-state index in [0.717, 1.165) is 24.4 Å². The number of hydrogen-bond acceptors (Lipinski definition) is 2. The Kier molecular flexibility index (Phi) is 12.4. The zero-order valence-electron chi connectivity index (χ0n) is 9.60. The average Bonchev–Trinajstić information content (AvgIpc) is 2.03. The van der Waals surface area contributed by atoms with E-state index >= 15 is 0 Å². The summed E-state index contributed by atoms with van der Waals surface area (Å²) in [5.41, 5.74) is 3.50. The van der Waals surface area contributed by atoms with Gasteiger partial charge in [0.25, 0.3) is 0 Å². The third-order valence-electron chi connectivity index (χ3n) is 1.51. The fraction of sp³-hybridized carbons (Fsp3) is 0.545. The Hall–Kier alpha value is 0.109. The molecule has 1 rings (SSSR count). The summed E-state index contributed by atoms with van der Waals surface area (Å²) in [6, 6.07) is 4.15. The fourth-order valence-electron chi connectivity index (χ4n) is 1.12. The molecule has 91 valence electrons. The maximum absolute atomic E-state index is 4.50. The molecule has 1 radical (unpaired) electrons. The fourth-order valence-corrected chi connectivity index (χ4v) is 1.44. The first-order chi connectivity index (χ1) is 6.60. The molecule has 0 aromatic carbocycles. The predicted molar refractivity (Wildman–Crippen MR) is 63.6 cm³/mol. The van der Waals surface area contributed by atoms with E-state index in [1.54, 1.807) is 0 Å². The molecule has 0 fully saturated rings. The monoisotopic (exact) mass is 322 g/mol. The van der Waals surface area contributed by atoms with E-state index in [1.807, 2.05) is 13.8 Å². The van der Waals surface area contributed by atoms with Gasteiger partial charge < -0.3 is 3.83 Å². The van der Waals surface area contributed by atoms with Gasteiger partial charge in [0.15, 0.2) is 0 Å². The first kappa shape index (κ1) is 17.5.